The lowest BCUT2D eigenvalue weighted by Crippen LogP contribution is -2.44. The zero-order chi connectivity index (χ0) is 8.97. The van der Waals surface area contributed by atoms with Crippen LogP contribution >= 0.6 is 0 Å². The van der Waals surface area contributed by atoms with Crippen LogP contribution in [0.1, 0.15) is 20.3 Å². The van der Waals surface area contributed by atoms with Crippen LogP contribution in [0.3, 0.4) is 0 Å². The molecule has 1 aliphatic heterocycles. The van der Waals surface area contributed by atoms with E-state index in [4.69, 9.17) is 4.74 Å². The Morgan fingerprint density at radius 1 is 1.67 bits per heavy atom. The van der Waals surface area contributed by atoms with E-state index in [-0.39, 0.29) is 6.04 Å². The fourth-order valence-corrected chi connectivity index (χ4v) is 1.45. The van der Waals surface area contributed by atoms with Gasteiger partial charge in [-0.05, 0) is 12.3 Å². The number of rotatable bonds is 3. The topological polar surface area (TPSA) is 29.5 Å². The molecule has 1 rings (SSSR count). The highest BCUT2D eigenvalue weighted by Gasteiger charge is 2.21. The van der Waals surface area contributed by atoms with Crippen molar-refractivity contribution in [3.05, 3.63) is 5.92 Å². The number of amides is 1. The van der Waals surface area contributed by atoms with Crippen molar-refractivity contribution in [3.8, 4) is 0 Å². The SMILES string of the molecule is C[C](C)CC1COCCN1C=O. The van der Waals surface area contributed by atoms with E-state index in [2.05, 4.69) is 13.8 Å². The Kier molecular flexibility index (Phi) is 3.53. The molecule has 1 aliphatic rings. The molecular weight excluding hydrogens is 154 g/mol. The highest BCUT2D eigenvalue weighted by atomic mass is 16.5. The number of carbonyl (C=O) groups excluding carboxylic acids is 1. The second-order valence-corrected chi connectivity index (χ2v) is 3.48. The largest absolute Gasteiger partial charge is 0.377 e. The molecule has 0 saturated carbocycles. The second-order valence-electron chi connectivity index (χ2n) is 3.48. The van der Waals surface area contributed by atoms with Crippen LogP contribution in [0.25, 0.3) is 0 Å². The smallest absolute Gasteiger partial charge is 0.210 e. The van der Waals surface area contributed by atoms with Crippen LogP contribution in [0.2, 0.25) is 0 Å². The van der Waals surface area contributed by atoms with Gasteiger partial charge in [0.05, 0.1) is 19.3 Å². The van der Waals surface area contributed by atoms with Gasteiger partial charge in [0.25, 0.3) is 0 Å². The fraction of sp³-hybridized carbons (Fsp3) is 0.778. The molecule has 1 fully saturated rings. The molecule has 3 heteroatoms. The van der Waals surface area contributed by atoms with E-state index < -0.39 is 0 Å². The predicted octanol–water partition coefficient (Wildman–Crippen LogP) is 0.848. The summed E-state index contributed by atoms with van der Waals surface area (Å²) in [5.41, 5.74) is 0. The third-order valence-corrected chi connectivity index (χ3v) is 2.05. The predicted molar refractivity (Wildman–Crippen MR) is 46.6 cm³/mol. The Balaban J connectivity index is 2.41. The van der Waals surface area contributed by atoms with Gasteiger partial charge in [-0.2, -0.15) is 0 Å². The van der Waals surface area contributed by atoms with Gasteiger partial charge in [-0.25, -0.2) is 0 Å². The Bertz CT molecular complexity index is 147. The van der Waals surface area contributed by atoms with Crippen LogP contribution in [0.4, 0.5) is 0 Å². The number of ether oxygens (including phenoxy) is 1. The minimum atomic E-state index is 0.265. The molecule has 0 spiro atoms. The quantitative estimate of drug-likeness (QED) is 0.588. The zero-order valence-corrected chi connectivity index (χ0v) is 7.75. The molecule has 0 aromatic heterocycles. The third-order valence-electron chi connectivity index (χ3n) is 2.05. The molecule has 1 saturated heterocycles. The van der Waals surface area contributed by atoms with Crippen molar-refractivity contribution in [1.82, 2.24) is 4.90 Å². The van der Waals surface area contributed by atoms with Crippen LogP contribution < -0.4 is 0 Å². The monoisotopic (exact) mass is 170 g/mol. The minimum absolute atomic E-state index is 0.265. The van der Waals surface area contributed by atoms with Crippen molar-refractivity contribution in [2.45, 2.75) is 26.3 Å². The molecule has 0 aromatic rings. The molecule has 1 amide bonds. The molecule has 1 radical (unpaired) electrons. The standard InChI is InChI=1S/C9H16NO2/c1-8(2)5-9-6-12-4-3-10(9)7-11/h7,9H,3-6H2,1-2H3. The lowest BCUT2D eigenvalue weighted by atomic mass is 10.0. The summed E-state index contributed by atoms with van der Waals surface area (Å²) in [5, 5.41) is 0. The van der Waals surface area contributed by atoms with Crippen molar-refractivity contribution in [2.75, 3.05) is 19.8 Å². The van der Waals surface area contributed by atoms with Crippen LogP contribution in [0.15, 0.2) is 0 Å². The molecule has 69 valence electrons. The first-order valence-electron chi connectivity index (χ1n) is 4.32. The maximum absolute atomic E-state index is 10.6. The first kappa shape index (κ1) is 9.52. The number of hydrogen-bond donors (Lipinski definition) is 0. The summed E-state index contributed by atoms with van der Waals surface area (Å²) >= 11 is 0. The fourth-order valence-electron chi connectivity index (χ4n) is 1.45. The van der Waals surface area contributed by atoms with E-state index in [0.29, 0.717) is 13.2 Å². The van der Waals surface area contributed by atoms with E-state index in [1.165, 1.54) is 5.92 Å². The molecule has 1 atom stereocenters. The maximum Gasteiger partial charge on any atom is 0.210 e. The average molecular weight is 170 g/mol. The van der Waals surface area contributed by atoms with Crippen molar-refractivity contribution in [1.29, 1.82) is 0 Å². The first-order valence-corrected chi connectivity index (χ1v) is 4.32. The highest BCUT2D eigenvalue weighted by molar-refractivity contribution is 5.48. The summed E-state index contributed by atoms with van der Waals surface area (Å²) in [5.74, 6) is 1.34. The lowest BCUT2D eigenvalue weighted by Gasteiger charge is -2.33. The van der Waals surface area contributed by atoms with Gasteiger partial charge in [0.2, 0.25) is 6.41 Å². The maximum atomic E-state index is 10.6. The van der Waals surface area contributed by atoms with E-state index in [1.807, 2.05) is 4.90 Å². The minimum Gasteiger partial charge on any atom is -0.377 e. The Hall–Kier alpha value is -0.570. The van der Waals surface area contributed by atoms with Gasteiger partial charge in [-0.15, -0.1) is 0 Å². The van der Waals surface area contributed by atoms with E-state index >= 15 is 0 Å². The number of carbonyl (C=O) groups is 1. The molecule has 0 bridgehead atoms. The van der Waals surface area contributed by atoms with Crippen molar-refractivity contribution >= 4 is 6.41 Å². The number of hydrogen-bond acceptors (Lipinski definition) is 2. The summed E-state index contributed by atoms with van der Waals surface area (Å²) in [4.78, 5) is 12.4. The molecule has 12 heavy (non-hydrogen) atoms. The Labute approximate surface area is 73.7 Å². The van der Waals surface area contributed by atoms with Crippen LogP contribution in [0.5, 0.6) is 0 Å². The highest BCUT2D eigenvalue weighted by Crippen LogP contribution is 2.14. The first-order chi connectivity index (χ1) is 5.74. The van der Waals surface area contributed by atoms with Crippen molar-refractivity contribution in [3.63, 3.8) is 0 Å². The van der Waals surface area contributed by atoms with Gasteiger partial charge < -0.3 is 9.64 Å². The van der Waals surface area contributed by atoms with E-state index in [9.17, 15) is 4.79 Å². The van der Waals surface area contributed by atoms with Crippen molar-refractivity contribution < 1.29 is 9.53 Å². The average Bonchev–Trinajstić information content (AvgIpc) is 2.04. The van der Waals surface area contributed by atoms with Gasteiger partial charge in [0, 0.05) is 6.54 Å². The summed E-state index contributed by atoms with van der Waals surface area (Å²) in [6.45, 7) is 6.26. The van der Waals surface area contributed by atoms with Crippen molar-refractivity contribution in [2.24, 2.45) is 0 Å². The Morgan fingerprint density at radius 3 is 3.00 bits per heavy atom. The molecule has 3 nitrogen and oxygen atoms in total. The molecule has 1 unspecified atom stereocenters. The summed E-state index contributed by atoms with van der Waals surface area (Å²) in [7, 11) is 0. The Morgan fingerprint density at radius 2 is 2.42 bits per heavy atom. The van der Waals surface area contributed by atoms with Gasteiger partial charge in [0.1, 0.15) is 0 Å². The van der Waals surface area contributed by atoms with E-state index in [0.717, 1.165) is 19.4 Å². The van der Waals surface area contributed by atoms with Gasteiger partial charge in [-0.1, -0.05) is 13.8 Å². The molecule has 0 aromatic carbocycles. The molecule has 1 heterocycles. The van der Waals surface area contributed by atoms with Crippen LogP contribution in [-0.2, 0) is 9.53 Å². The van der Waals surface area contributed by atoms with Crippen LogP contribution in [-0.4, -0.2) is 37.1 Å². The molecule has 0 aliphatic carbocycles. The molecular formula is C9H16NO2. The van der Waals surface area contributed by atoms with Gasteiger partial charge in [-0.3, -0.25) is 4.79 Å². The number of morpholine rings is 1. The van der Waals surface area contributed by atoms with Gasteiger partial charge in [0.15, 0.2) is 0 Å². The summed E-state index contributed by atoms with van der Waals surface area (Å²) in [6.07, 6.45) is 1.88. The zero-order valence-electron chi connectivity index (χ0n) is 7.75. The van der Waals surface area contributed by atoms with E-state index in [1.54, 1.807) is 0 Å². The second kappa shape index (κ2) is 4.45. The lowest BCUT2D eigenvalue weighted by molar-refractivity contribution is -0.126. The van der Waals surface area contributed by atoms with Crippen LogP contribution in [0, 0.1) is 5.92 Å². The van der Waals surface area contributed by atoms with Gasteiger partial charge >= 0.3 is 0 Å². The third kappa shape index (κ3) is 2.48. The normalized spacial score (nSPS) is 24.6. The summed E-state index contributed by atoms with van der Waals surface area (Å²) in [6, 6.07) is 0.265. The summed E-state index contributed by atoms with van der Waals surface area (Å²) < 4.78 is 5.30. The molecule has 0 N–H and O–H groups in total. The number of nitrogens with zero attached hydrogens (tertiary/aromatic N) is 1.